The van der Waals surface area contributed by atoms with Crippen LogP contribution in [-0.2, 0) is 14.3 Å². The highest BCUT2D eigenvalue weighted by Gasteiger charge is 2.81. The fraction of sp³-hybridized carbons (Fsp3) is 0.938. The van der Waals surface area contributed by atoms with Crippen LogP contribution in [0.15, 0.2) is 0 Å². The molecule has 1 spiro atoms. The molecule has 1 saturated heterocycles. The molecule has 0 amide bonds. The molecule has 1 N–H and O–H groups in total. The van der Waals surface area contributed by atoms with E-state index in [2.05, 4.69) is 20.8 Å². The molecular weight excluding hydrogens is 256 g/mol. The number of aliphatic hydroxyl groups is 1. The van der Waals surface area contributed by atoms with Gasteiger partial charge in [-0.05, 0) is 25.2 Å². The van der Waals surface area contributed by atoms with Crippen molar-refractivity contribution in [2.45, 2.75) is 70.7 Å². The lowest BCUT2D eigenvalue weighted by atomic mass is 9.45. The molecule has 0 aromatic carbocycles. The minimum atomic E-state index is -1.06. The highest BCUT2D eigenvalue weighted by Crippen LogP contribution is 2.73. The first-order valence-electron chi connectivity index (χ1n) is 7.60. The van der Waals surface area contributed by atoms with E-state index in [0.717, 1.165) is 19.3 Å². The highest BCUT2D eigenvalue weighted by atomic mass is 16.6. The number of epoxide rings is 1. The van der Waals surface area contributed by atoms with Gasteiger partial charge in [0, 0.05) is 11.8 Å². The molecule has 114 valence electrons. The van der Waals surface area contributed by atoms with Crippen molar-refractivity contribution in [3.05, 3.63) is 0 Å². The first-order valence-corrected chi connectivity index (χ1v) is 7.60. The number of carbonyl (C=O) groups excluding carboxylic acids is 1. The van der Waals surface area contributed by atoms with Crippen LogP contribution in [0.2, 0.25) is 0 Å². The van der Waals surface area contributed by atoms with Gasteiger partial charge in [-0.3, -0.25) is 4.79 Å². The first-order chi connectivity index (χ1) is 9.12. The van der Waals surface area contributed by atoms with Crippen molar-refractivity contribution in [3.8, 4) is 0 Å². The maximum absolute atomic E-state index is 12.4. The van der Waals surface area contributed by atoms with E-state index in [1.165, 1.54) is 7.11 Å². The third-order valence-electron chi connectivity index (χ3n) is 6.37. The Hall–Kier alpha value is -0.610. The monoisotopic (exact) mass is 282 g/mol. The summed E-state index contributed by atoms with van der Waals surface area (Å²) in [7, 11) is 1.41. The summed E-state index contributed by atoms with van der Waals surface area (Å²) >= 11 is 0. The number of methoxy groups -OCH3 is 1. The minimum absolute atomic E-state index is 0.0352. The predicted octanol–water partition coefficient (Wildman–Crippen LogP) is 2.28. The Bertz CT molecular complexity index is 455. The summed E-state index contributed by atoms with van der Waals surface area (Å²) in [5.41, 5.74) is -1.65. The molecular formula is C16H26O4. The molecule has 0 aromatic heterocycles. The average Bonchev–Trinajstić information content (AvgIpc) is 3.01. The first kappa shape index (κ1) is 14.3. The molecule has 1 heterocycles. The molecule has 5 unspecified atom stereocenters. The number of carbonyl (C=O) groups is 1. The van der Waals surface area contributed by atoms with Gasteiger partial charge < -0.3 is 14.6 Å². The van der Waals surface area contributed by atoms with E-state index in [-0.39, 0.29) is 28.5 Å². The molecule has 0 radical (unpaired) electrons. The fourth-order valence-electron chi connectivity index (χ4n) is 5.69. The molecule has 3 aliphatic rings. The molecule has 4 nitrogen and oxygen atoms in total. The van der Waals surface area contributed by atoms with Gasteiger partial charge in [0.2, 0.25) is 0 Å². The molecule has 3 rings (SSSR count). The molecule has 20 heavy (non-hydrogen) atoms. The summed E-state index contributed by atoms with van der Waals surface area (Å²) in [4.78, 5) is 12.4. The Morgan fingerprint density at radius 2 is 1.90 bits per heavy atom. The van der Waals surface area contributed by atoms with Gasteiger partial charge in [-0.1, -0.05) is 27.2 Å². The van der Waals surface area contributed by atoms with E-state index in [9.17, 15) is 9.90 Å². The quantitative estimate of drug-likeness (QED) is 0.592. The van der Waals surface area contributed by atoms with Gasteiger partial charge in [0.05, 0.1) is 24.7 Å². The lowest BCUT2D eigenvalue weighted by Gasteiger charge is -2.57. The summed E-state index contributed by atoms with van der Waals surface area (Å²) in [6.07, 6.45) is 3.66. The van der Waals surface area contributed by atoms with Crippen molar-refractivity contribution in [3.63, 3.8) is 0 Å². The standard InChI is InChI=1S/C16H26O4/c1-13(2)7-6-8-14(3)11(12(17)19-5)15(4,18)9-10-16(13,14)20-10/h10-11,18H,6-9H2,1-5H3. The lowest BCUT2D eigenvalue weighted by Crippen LogP contribution is -2.65. The van der Waals surface area contributed by atoms with Crippen LogP contribution in [0.1, 0.15) is 53.4 Å². The van der Waals surface area contributed by atoms with Gasteiger partial charge in [0.25, 0.3) is 0 Å². The molecule has 0 aromatic rings. The van der Waals surface area contributed by atoms with Gasteiger partial charge in [-0.15, -0.1) is 0 Å². The van der Waals surface area contributed by atoms with Crippen LogP contribution in [0.4, 0.5) is 0 Å². The summed E-state index contributed by atoms with van der Waals surface area (Å²) in [6, 6.07) is 0. The van der Waals surface area contributed by atoms with Crippen LogP contribution in [0.3, 0.4) is 0 Å². The molecule has 2 saturated carbocycles. The second-order valence-corrected chi connectivity index (χ2v) is 8.01. The Balaban J connectivity index is 2.12. The third kappa shape index (κ3) is 1.42. The normalized spacial score (nSPS) is 52.7. The molecule has 0 bridgehead atoms. The summed E-state index contributed by atoms with van der Waals surface area (Å²) in [6.45, 7) is 8.34. The van der Waals surface area contributed by atoms with Crippen molar-refractivity contribution in [1.82, 2.24) is 0 Å². The zero-order valence-corrected chi connectivity index (χ0v) is 13.2. The number of hydrogen-bond donors (Lipinski definition) is 1. The van der Waals surface area contributed by atoms with Crippen LogP contribution < -0.4 is 0 Å². The van der Waals surface area contributed by atoms with Gasteiger partial charge in [0.15, 0.2) is 0 Å². The second kappa shape index (κ2) is 3.77. The highest BCUT2D eigenvalue weighted by molar-refractivity contribution is 5.76. The van der Waals surface area contributed by atoms with Crippen LogP contribution in [0.5, 0.6) is 0 Å². The molecule has 2 aliphatic carbocycles. The van der Waals surface area contributed by atoms with Crippen LogP contribution in [0.25, 0.3) is 0 Å². The zero-order chi connectivity index (χ0) is 15.0. The zero-order valence-electron chi connectivity index (χ0n) is 13.2. The van der Waals surface area contributed by atoms with Crippen LogP contribution >= 0.6 is 0 Å². The van der Waals surface area contributed by atoms with E-state index in [1.54, 1.807) is 6.92 Å². The van der Waals surface area contributed by atoms with Crippen molar-refractivity contribution in [2.75, 3.05) is 7.11 Å². The van der Waals surface area contributed by atoms with E-state index < -0.39 is 11.5 Å². The van der Waals surface area contributed by atoms with Crippen molar-refractivity contribution in [2.24, 2.45) is 16.7 Å². The minimum Gasteiger partial charge on any atom is -0.469 e. The van der Waals surface area contributed by atoms with Crippen LogP contribution in [0, 0.1) is 16.7 Å². The Labute approximate surface area is 120 Å². The predicted molar refractivity (Wildman–Crippen MR) is 74.1 cm³/mol. The number of esters is 1. The molecule has 3 fully saturated rings. The SMILES string of the molecule is COC(=O)C1C(C)(O)CC2OC23C(C)(C)CCCC13C. The summed E-state index contributed by atoms with van der Waals surface area (Å²) in [5, 5.41) is 10.8. The van der Waals surface area contributed by atoms with Crippen LogP contribution in [-0.4, -0.2) is 35.5 Å². The van der Waals surface area contributed by atoms with Gasteiger partial charge in [0.1, 0.15) is 5.60 Å². The Morgan fingerprint density at radius 3 is 2.50 bits per heavy atom. The van der Waals surface area contributed by atoms with Crippen molar-refractivity contribution >= 4 is 5.97 Å². The van der Waals surface area contributed by atoms with Gasteiger partial charge in [-0.2, -0.15) is 0 Å². The average molecular weight is 282 g/mol. The largest absolute Gasteiger partial charge is 0.469 e. The smallest absolute Gasteiger partial charge is 0.312 e. The van der Waals surface area contributed by atoms with E-state index >= 15 is 0 Å². The summed E-state index contributed by atoms with van der Waals surface area (Å²) in [5.74, 6) is -0.818. The maximum Gasteiger partial charge on any atom is 0.312 e. The number of hydrogen-bond acceptors (Lipinski definition) is 4. The van der Waals surface area contributed by atoms with Crippen molar-refractivity contribution in [1.29, 1.82) is 0 Å². The molecule has 5 atom stereocenters. The van der Waals surface area contributed by atoms with Crippen molar-refractivity contribution < 1.29 is 19.4 Å². The van der Waals surface area contributed by atoms with E-state index in [4.69, 9.17) is 9.47 Å². The third-order valence-corrected chi connectivity index (χ3v) is 6.37. The lowest BCUT2D eigenvalue weighted by molar-refractivity contribution is -0.187. The van der Waals surface area contributed by atoms with E-state index in [0.29, 0.717) is 6.42 Å². The fourth-order valence-corrected chi connectivity index (χ4v) is 5.69. The second-order valence-electron chi connectivity index (χ2n) is 8.01. The number of ether oxygens (including phenoxy) is 2. The van der Waals surface area contributed by atoms with Gasteiger partial charge in [-0.25, -0.2) is 0 Å². The van der Waals surface area contributed by atoms with E-state index in [1.807, 2.05) is 0 Å². The molecule has 4 heteroatoms. The van der Waals surface area contributed by atoms with Gasteiger partial charge >= 0.3 is 5.97 Å². The summed E-state index contributed by atoms with van der Waals surface area (Å²) < 4.78 is 11.2. The Kier molecular flexibility index (Phi) is 2.70. The Morgan fingerprint density at radius 1 is 1.25 bits per heavy atom. The number of rotatable bonds is 1. The maximum atomic E-state index is 12.4. The topological polar surface area (TPSA) is 59.1 Å². The molecule has 1 aliphatic heterocycles.